The smallest absolute Gasteiger partial charge is 0.236 e. The van der Waals surface area contributed by atoms with E-state index in [4.69, 9.17) is 4.74 Å². The zero-order valence-electron chi connectivity index (χ0n) is 10.8. The van der Waals surface area contributed by atoms with Gasteiger partial charge in [-0.3, -0.25) is 4.72 Å². The van der Waals surface area contributed by atoms with E-state index in [1.54, 1.807) is 24.3 Å². The molecule has 106 valence electrons. The number of benzene rings is 2. The SMILES string of the molecule is COc1cccc(NS(=O)(=O)Cc2ccc(F)cc2)c1. The Morgan fingerprint density at radius 1 is 1.15 bits per heavy atom. The second kappa shape index (κ2) is 5.92. The molecule has 0 unspecified atom stereocenters. The van der Waals surface area contributed by atoms with Crippen LogP contribution in [-0.4, -0.2) is 15.5 Å². The average molecular weight is 295 g/mol. The van der Waals surface area contributed by atoms with Crippen LogP contribution >= 0.6 is 0 Å². The summed E-state index contributed by atoms with van der Waals surface area (Å²) in [5.41, 5.74) is 0.938. The number of hydrogen-bond acceptors (Lipinski definition) is 3. The molecule has 0 aromatic heterocycles. The third kappa shape index (κ3) is 3.96. The van der Waals surface area contributed by atoms with Gasteiger partial charge < -0.3 is 4.74 Å². The van der Waals surface area contributed by atoms with Gasteiger partial charge in [0.25, 0.3) is 0 Å². The van der Waals surface area contributed by atoms with Gasteiger partial charge in [0, 0.05) is 6.07 Å². The Balaban J connectivity index is 2.12. The van der Waals surface area contributed by atoms with Crippen LogP contribution in [0.2, 0.25) is 0 Å². The van der Waals surface area contributed by atoms with Crippen molar-refractivity contribution < 1.29 is 17.5 Å². The van der Waals surface area contributed by atoms with E-state index < -0.39 is 15.8 Å². The Kier molecular flexibility index (Phi) is 4.24. The Labute approximate surface area is 117 Å². The predicted octanol–water partition coefficient (Wildman–Crippen LogP) is 2.78. The Morgan fingerprint density at radius 2 is 1.85 bits per heavy atom. The van der Waals surface area contributed by atoms with Crippen molar-refractivity contribution in [3.8, 4) is 5.75 Å². The van der Waals surface area contributed by atoms with Crippen molar-refractivity contribution in [1.82, 2.24) is 0 Å². The third-order valence-corrected chi connectivity index (χ3v) is 3.87. The lowest BCUT2D eigenvalue weighted by Gasteiger charge is -2.09. The number of nitrogens with one attached hydrogen (secondary N) is 1. The zero-order valence-corrected chi connectivity index (χ0v) is 11.7. The van der Waals surface area contributed by atoms with Crippen molar-refractivity contribution in [2.45, 2.75) is 5.75 Å². The Bertz CT molecular complexity index is 684. The number of ether oxygens (including phenoxy) is 1. The fraction of sp³-hybridized carbons (Fsp3) is 0.143. The normalized spacial score (nSPS) is 11.1. The van der Waals surface area contributed by atoms with Gasteiger partial charge in [0.15, 0.2) is 0 Å². The molecule has 4 nitrogen and oxygen atoms in total. The molecule has 6 heteroatoms. The highest BCUT2D eigenvalue weighted by Gasteiger charge is 2.12. The van der Waals surface area contributed by atoms with Crippen molar-refractivity contribution in [1.29, 1.82) is 0 Å². The number of hydrogen-bond donors (Lipinski definition) is 1. The van der Waals surface area contributed by atoms with Crippen molar-refractivity contribution in [2.75, 3.05) is 11.8 Å². The summed E-state index contributed by atoms with van der Waals surface area (Å²) in [6.07, 6.45) is 0. The zero-order chi connectivity index (χ0) is 14.6. The first-order valence-electron chi connectivity index (χ1n) is 5.87. The van der Waals surface area contributed by atoms with Gasteiger partial charge in [-0.25, -0.2) is 12.8 Å². The molecule has 2 aromatic rings. The van der Waals surface area contributed by atoms with E-state index in [2.05, 4.69) is 4.72 Å². The highest BCUT2D eigenvalue weighted by atomic mass is 32.2. The van der Waals surface area contributed by atoms with Crippen LogP contribution < -0.4 is 9.46 Å². The monoisotopic (exact) mass is 295 g/mol. The van der Waals surface area contributed by atoms with E-state index in [0.717, 1.165) is 0 Å². The molecule has 0 heterocycles. The molecule has 0 atom stereocenters. The molecule has 0 saturated heterocycles. The number of rotatable bonds is 5. The predicted molar refractivity (Wildman–Crippen MR) is 75.6 cm³/mol. The van der Waals surface area contributed by atoms with E-state index in [-0.39, 0.29) is 5.75 Å². The second-order valence-electron chi connectivity index (χ2n) is 4.22. The minimum Gasteiger partial charge on any atom is -0.497 e. The van der Waals surface area contributed by atoms with E-state index in [0.29, 0.717) is 17.0 Å². The van der Waals surface area contributed by atoms with Crippen LogP contribution in [0, 0.1) is 5.82 Å². The molecule has 0 aliphatic rings. The van der Waals surface area contributed by atoms with Crippen LogP contribution in [0.4, 0.5) is 10.1 Å². The minimum atomic E-state index is -3.55. The first kappa shape index (κ1) is 14.3. The van der Waals surface area contributed by atoms with E-state index in [1.165, 1.54) is 31.4 Å². The highest BCUT2D eigenvalue weighted by Crippen LogP contribution is 2.19. The third-order valence-electron chi connectivity index (χ3n) is 2.61. The molecule has 0 fully saturated rings. The van der Waals surface area contributed by atoms with Gasteiger partial charge in [-0.1, -0.05) is 18.2 Å². The topological polar surface area (TPSA) is 55.4 Å². The maximum Gasteiger partial charge on any atom is 0.236 e. The molecule has 1 N–H and O–H groups in total. The van der Waals surface area contributed by atoms with Gasteiger partial charge in [-0.05, 0) is 29.8 Å². The van der Waals surface area contributed by atoms with Crippen molar-refractivity contribution in [2.24, 2.45) is 0 Å². The maximum atomic E-state index is 12.8. The molecule has 0 radical (unpaired) electrons. The van der Waals surface area contributed by atoms with Crippen LogP contribution in [0.15, 0.2) is 48.5 Å². The Hall–Kier alpha value is -2.08. The highest BCUT2D eigenvalue weighted by molar-refractivity contribution is 7.91. The summed E-state index contributed by atoms with van der Waals surface area (Å²) >= 11 is 0. The first-order chi connectivity index (χ1) is 9.48. The summed E-state index contributed by atoms with van der Waals surface area (Å²) in [5.74, 6) is -0.0521. The van der Waals surface area contributed by atoms with Gasteiger partial charge in [-0.15, -0.1) is 0 Å². The minimum absolute atomic E-state index is 0.218. The molecule has 0 amide bonds. The van der Waals surface area contributed by atoms with Crippen molar-refractivity contribution in [3.63, 3.8) is 0 Å². The lowest BCUT2D eigenvalue weighted by Crippen LogP contribution is -2.15. The quantitative estimate of drug-likeness (QED) is 0.923. The summed E-state index contributed by atoms with van der Waals surface area (Å²) in [6.45, 7) is 0. The largest absolute Gasteiger partial charge is 0.497 e. The van der Waals surface area contributed by atoms with Crippen LogP contribution in [0.3, 0.4) is 0 Å². The number of anilines is 1. The number of halogens is 1. The molecule has 0 spiro atoms. The fourth-order valence-corrected chi connectivity index (χ4v) is 2.89. The molecule has 2 aromatic carbocycles. The van der Waals surface area contributed by atoms with Gasteiger partial charge in [-0.2, -0.15) is 0 Å². The van der Waals surface area contributed by atoms with Crippen molar-refractivity contribution >= 4 is 15.7 Å². The number of sulfonamides is 1. The first-order valence-corrected chi connectivity index (χ1v) is 7.53. The second-order valence-corrected chi connectivity index (χ2v) is 5.94. The molecular formula is C14H14FNO3S. The summed E-state index contributed by atoms with van der Waals surface area (Å²) in [7, 11) is -2.05. The van der Waals surface area contributed by atoms with Crippen LogP contribution in [0.25, 0.3) is 0 Å². The fourth-order valence-electron chi connectivity index (χ4n) is 1.70. The summed E-state index contributed by atoms with van der Waals surface area (Å²) < 4.78 is 44.3. The summed E-state index contributed by atoms with van der Waals surface area (Å²) in [5, 5.41) is 0. The lowest BCUT2D eigenvalue weighted by molar-refractivity contribution is 0.415. The molecule has 0 aliphatic carbocycles. The molecule has 0 saturated carbocycles. The summed E-state index contributed by atoms with van der Waals surface area (Å²) in [4.78, 5) is 0. The lowest BCUT2D eigenvalue weighted by atomic mass is 10.2. The van der Waals surface area contributed by atoms with Gasteiger partial charge in [0.05, 0.1) is 18.6 Å². The molecular weight excluding hydrogens is 281 g/mol. The number of methoxy groups -OCH3 is 1. The molecule has 0 aliphatic heterocycles. The van der Waals surface area contributed by atoms with Gasteiger partial charge >= 0.3 is 0 Å². The van der Waals surface area contributed by atoms with Crippen molar-refractivity contribution in [3.05, 3.63) is 59.9 Å². The average Bonchev–Trinajstić information content (AvgIpc) is 2.41. The van der Waals surface area contributed by atoms with E-state index in [9.17, 15) is 12.8 Å². The molecule has 20 heavy (non-hydrogen) atoms. The Morgan fingerprint density at radius 3 is 2.50 bits per heavy atom. The maximum absolute atomic E-state index is 12.8. The van der Waals surface area contributed by atoms with Crippen LogP contribution in [0.5, 0.6) is 5.75 Å². The standard InChI is InChI=1S/C14H14FNO3S/c1-19-14-4-2-3-13(9-14)16-20(17,18)10-11-5-7-12(15)8-6-11/h2-9,16H,10H2,1H3. The molecule has 0 bridgehead atoms. The van der Waals surface area contributed by atoms with Gasteiger partial charge in [0.1, 0.15) is 11.6 Å². The molecule has 2 rings (SSSR count). The van der Waals surface area contributed by atoms with Crippen LogP contribution in [-0.2, 0) is 15.8 Å². The summed E-state index contributed by atoms with van der Waals surface area (Å²) in [6, 6.07) is 12.0. The van der Waals surface area contributed by atoms with E-state index in [1.807, 2.05) is 0 Å². The van der Waals surface area contributed by atoms with E-state index >= 15 is 0 Å². The van der Waals surface area contributed by atoms with Gasteiger partial charge in [0.2, 0.25) is 10.0 Å². The van der Waals surface area contributed by atoms with Crippen LogP contribution in [0.1, 0.15) is 5.56 Å².